The number of carbonyl (C=O) groups excluding carboxylic acids is 1. The number of benzene rings is 2. The highest BCUT2D eigenvalue weighted by Crippen LogP contribution is 2.32. The molecule has 1 unspecified atom stereocenters. The molecule has 1 atom stereocenters. The summed E-state index contributed by atoms with van der Waals surface area (Å²) in [6.07, 6.45) is 4.42. The number of hydrogen-bond donors (Lipinski definition) is 2. The molecule has 0 aromatic heterocycles. The van der Waals surface area contributed by atoms with Gasteiger partial charge in [-0.15, -0.1) is 0 Å². The summed E-state index contributed by atoms with van der Waals surface area (Å²) in [5.74, 6) is -0.0495. The van der Waals surface area contributed by atoms with E-state index in [1.54, 1.807) is 0 Å². The van der Waals surface area contributed by atoms with Crippen LogP contribution in [0.3, 0.4) is 0 Å². The molecule has 2 aromatic rings. The quantitative estimate of drug-likeness (QED) is 0.761. The Morgan fingerprint density at radius 3 is 2.76 bits per heavy atom. The molecule has 1 amide bonds. The van der Waals surface area contributed by atoms with Crippen LogP contribution in [0, 0.1) is 0 Å². The van der Waals surface area contributed by atoms with Gasteiger partial charge in [-0.2, -0.15) is 0 Å². The first kappa shape index (κ1) is 17.6. The normalized spacial score (nSPS) is 16.3. The molecule has 1 aliphatic carbocycles. The molecule has 3 N–H and O–H groups in total. The predicted octanol–water partition coefficient (Wildman–Crippen LogP) is 3.36. The van der Waals surface area contributed by atoms with E-state index in [9.17, 15) is 4.79 Å². The fourth-order valence-corrected chi connectivity index (χ4v) is 3.28. The molecule has 132 valence electrons. The third-order valence-corrected chi connectivity index (χ3v) is 4.69. The Morgan fingerprint density at radius 2 is 1.96 bits per heavy atom. The maximum atomic E-state index is 12.1. The van der Waals surface area contributed by atoms with E-state index < -0.39 is 0 Å². The number of carbonyl (C=O) groups is 1. The summed E-state index contributed by atoms with van der Waals surface area (Å²) >= 11 is 0. The van der Waals surface area contributed by atoms with E-state index in [0.29, 0.717) is 25.3 Å². The zero-order valence-electron chi connectivity index (χ0n) is 14.5. The topological polar surface area (TPSA) is 64.4 Å². The van der Waals surface area contributed by atoms with Gasteiger partial charge in [-0.1, -0.05) is 36.4 Å². The Bertz CT molecular complexity index is 697. The standard InChI is InChI=1S/C21H26N2O2/c22-15-16-9-11-18(12-10-16)21(24)23-13-4-14-25-20-8-3-6-17-5-1-2-7-19(17)20/h1-2,5,7,9-12,20H,3-4,6,8,13-15,22H2,(H,23,24). The van der Waals surface area contributed by atoms with Crippen LogP contribution in [-0.2, 0) is 17.7 Å². The Kier molecular flexibility index (Phi) is 6.20. The van der Waals surface area contributed by atoms with Crippen LogP contribution in [0.5, 0.6) is 0 Å². The summed E-state index contributed by atoms with van der Waals surface area (Å²) in [5, 5.41) is 2.94. The lowest BCUT2D eigenvalue weighted by molar-refractivity contribution is 0.0393. The highest BCUT2D eigenvalue weighted by Gasteiger charge is 2.19. The van der Waals surface area contributed by atoms with Crippen molar-refractivity contribution in [2.75, 3.05) is 13.2 Å². The molecular formula is C21H26N2O2. The van der Waals surface area contributed by atoms with Gasteiger partial charge in [0.05, 0.1) is 6.10 Å². The Balaban J connectivity index is 1.40. The number of nitrogens with one attached hydrogen (secondary N) is 1. The molecule has 0 heterocycles. The van der Waals surface area contributed by atoms with Crippen molar-refractivity contribution in [2.24, 2.45) is 5.73 Å². The monoisotopic (exact) mass is 338 g/mol. The summed E-state index contributed by atoms with van der Waals surface area (Å²) in [4.78, 5) is 12.1. The summed E-state index contributed by atoms with van der Waals surface area (Å²) in [6.45, 7) is 1.76. The summed E-state index contributed by atoms with van der Waals surface area (Å²) in [7, 11) is 0. The first-order chi connectivity index (χ1) is 12.3. The van der Waals surface area contributed by atoms with Crippen LogP contribution in [0.1, 0.15) is 52.4 Å². The van der Waals surface area contributed by atoms with Gasteiger partial charge in [-0.05, 0) is 54.5 Å². The molecule has 0 saturated heterocycles. The van der Waals surface area contributed by atoms with Crippen molar-refractivity contribution in [3.8, 4) is 0 Å². The molecule has 0 spiro atoms. The van der Waals surface area contributed by atoms with Crippen LogP contribution >= 0.6 is 0 Å². The minimum absolute atomic E-state index is 0.0495. The van der Waals surface area contributed by atoms with Gasteiger partial charge in [0.15, 0.2) is 0 Å². The van der Waals surface area contributed by atoms with Crippen LogP contribution in [0.2, 0.25) is 0 Å². The van der Waals surface area contributed by atoms with Crippen LogP contribution in [0.15, 0.2) is 48.5 Å². The second-order valence-electron chi connectivity index (χ2n) is 6.46. The first-order valence-corrected chi connectivity index (χ1v) is 9.04. The average Bonchev–Trinajstić information content (AvgIpc) is 2.67. The van der Waals surface area contributed by atoms with Gasteiger partial charge in [0.1, 0.15) is 0 Å². The van der Waals surface area contributed by atoms with Gasteiger partial charge in [0.2, 0.25) is 0 Å². The summed E-state index contributed by atoms with van der Waals surface area (Å²) in [5.41, 5.74) is 10.00. The molecular weight excluding hydrogens is 312 g/mol. The van der Waals surface area contributed by atoms with Crippen LogP contribution in [0.4, 0.5) is 0 Å². The molecule has 0 bridgehead atoms. The third-order valence-electron chi connectivity index (χ3n) is 4.69. The fourth-order valence-electron chi connectivity index (χ4n) is 3.28. The second-order valence-corrected chi connectivity index (χ2v) is 6.46. The Labute approximate surface area is 149 Å². The number of rotatable bonds is 7. The summed E-state index contributed by atoms with van der Waals surface area (Å²) in [6, 6.07) is 15.9. The van der Waals surface area contributed by atoms with Gasteiger partial charge < -0.3 is 15.8 Å². The highest BCUT2D eigenvalue weighted by molar-refractivity contribution is 5.94. The maximum absolute atomic E-state index is 12.1. The van der Waals surface area contributed by atoms with E-state index >= 15 is 0 Å². The van der Waals surface area contributed by atoms with Gasteiger partial charge in [0, 0.05) is 25.3 Å². The van der Waals surface area contributed by atoms with Crippen molar-refractivity contribution >= 4 is 5.91 Å². The third kappa shape index (κ3) is 4.68. The number of hydrogen-bond acceptors (Lipinski definition) is 3. The van der Waals surface area contributed by atoms with E-state index in [4.69, 9.17) is 10.5 Å². The molecule has 0 radical (unpaired) electrons. The fraction of sp³-hybridized carbons (Fsp3) is 0.381. The zero-order valence-corrected chi connectivity index (χ0v) is 14.5. The molecule has 0 fully saturated rings. The Morgan fingerprint density at radius 1 is 1.16 bits per heavy atom. The van der Waals surface area contributed by atoms with E-state index in [0.717, 1.165) is 24.8 Å². The largest absolute Gasteiger partial charge is 0.373 e. The smallest absolute Gasteiger partial charge is 0.251 e. The van der Waals surface area contributed by atoms with Crippen molar-refractivity contribution in [3.63, 3.8) is 0 Å². The van der Waals surface area contributed by atoms with E-state index in [1.165, 1.54) is 17.5 Å². The highest BCUT2D eigenvalue weighted by atomic mass is 16.5. The lowest BCUT2D eigenvalue weighted by Crippen LogP contribution is -2.25. The predicted molar refractivity (Wildman–Crippen MR) is 99.4 cm³/mol. The number of ether oxygens (including phenoxy) is 1. The Hall–Kier alpha value is -2.17. The van der Waals surface area contributed by atoms with Crippen molar-refractivity contribution in [1.82, 2.24) is 5.32 Å². The van der Waals surface area contributed by atoms with Crippen LogP contribution in [-0.4, -0.2) is 19.1 Å². The average molecular weight is 338 g/mol. The number of amides is 1. The molecule has 25 heavy (non-hydrogen) atoms. The lowest BCUT2D eigenvalue weighted by atomic mass is 9.89. The van der Waals surface area contributed by atoms with Crippen LogP contribution in [0.25, 0.3) is 0 Å². The minimum Gasteiger partial charge on any atom is -0.373 e. The SMILES string of the molecule is NCc1ccc(C(=O)NCCCOC2CCCc3ccccc32)cc1. The van der Waals surface area contributed by atoms with Gasteiger partial charge in [-0.25, -0.2) is 0 Å². The van der Waals surface area contributed by atoms with Crippen molar-refractivity contribution in [1.29, 1.82) is 0 Å². The van der Waals surface area contributed by atoms with Crippen molar-refractivity contribution < 1.29 is 9.53 Å². The van der Waals surface area contributed by atoms with E-state index in [1.807, 2.05) is 24.3 Å². The second kappa shape index (κ2) is 8.79. The maximum Gasteiger partial charge on any atom is 0.251 e. The number of nitrogens with two attached hydrogens (primary N) is 1. The van der Waals surface area contributed by atoms with E-state index in [-0.39, 0.29) is 12.0 Å². The number of aryl methyl sites for hydroxylation is 1. The first-order valence-electron chi connectivity index (χ1n) is 9.04. The minimum atomic E-state index is -0.0495. The molecule has 2 aromatic carbocycles. The molecule has 0 saturated carbocycles. The zero-order chi connectivity index (χ0) is 17.5. The molecule has 4 nitrogen and oxygen atoms in total. The van der Waals surface area contributed by atoms with Crippen LogP contribution < -0.4 is 11.1 Å². The van der Waals surface area contributed by atoms with Crippen molar-refractivity contribution in [3.05, 3.63) is 70.8 Å². The molecule has 1 aliphatic rings. The summed E-state index contributed by atoms with van der Waals surface area (Å²) < 4.78 is 6.06. The van der Waals surface area contributed by atoms with Gasteiger partial charge in [0.25, 0.3) is 5.91 Å². The number of fused-ring (bicyclic) bond motifs is 1. The van der Waals surface area contributed by atoms with Gasteiger partial charge >= 0.3 is 0 Å². The molecule has 0 aliphatic heterocycles. The van der Waals surface area contributed by atoms with Gasteiger partial charge in [-0.3, -0.25) is 4.79 Å². The molecule has 3 rings (SSSR count). The van der Waals surface area contributed by atoms with Crippen molar-refractivity contribution in [2.45, 2.75) is 38.3 Å². The van der Waals surface area contributed by atoms with E-state index in [2.05, 4.69) is 29.6 Å². The lowest BCUT2D eigenvalue weighted by Gasteiger charge is -2.25. The molecule has 4 heteroatoms.